The molecule has 0 radical (unpaired) electrons. The van der Waals surface area contributed by atoms with Gasteiger partial charge in [0, 0.05) is 23.5 Å². The summed E-state index contributed by atoms with van der Waals surface area (Å²) < 4.78 is 42.5. The Hall–Kier alpha value is -3.96. The first-order valence-electron chi connectivity index (χ1n) is 7.62. The van der Waals surface area contributed by atoms with Crippen molar-refractivity contribution in [3.05, 3.63) is 53.2 Å². The molecule has 0 aliphatic rings. The van der Waals surface area contributed by atoms with Crippen molar-refractivity contribution in [1.82, 2.24) is 24.8 Å². The van der Waals surface area contributed by atoms with Crippen LogP contribution in [-0.2, 0) is 4.79 Å². The van der Waals surface area contributed by atoms with E-state index >= 15 is 0 Å². The zero-order valence-corrected chi connectivity index (χ0v) is 13.6. The summed E-state index contributed by atoms with van der Waals surface area (Å²) in [6.07, 6.45) is -2.11. The Bertz CT molecular complexity index is 1230. The Balaban J connectivity index is 1.69. The maximum Gasteiger partial charge on any atom is 0.493 e. The molecule has 0 amide bonds. The Morgan fingerprint density at radius 2 is 2.04 bits per heavy atom. The molecule has 0 atom stereocenters. The number of hydrogen-bond donors (Lipinski definition) is 1. The van der Waals surface area contributed by atoms with Crippen LogP contribution < -0.4 is 10.5 Å². The molecule has 0 fully saturated rings. The van der Waals surface area contributed by atoms with Crippen molar-refractivity contribution in [3.8, 4) is 22.8 Å². The number of nitrogens with zero attached hydrogens (tertiary/aromatic N) is 4. The molecule has 1 aromatic carbocycles. The Morgan fingerprint density at radius 1 is 1.21 bits per heavy atom. The Kier molecular flexibility index (Phi) is 3.95. The third kappa shape index (κ3) is 3.11. The normalized spacial score (nSPS) is 11.7. The molecule has 3 heterocycles. The number of aromatic amines is 1. The van der Waals surface area contributed by atoms with Gasteiger partial charge in [0.15, 0.2) is 0 Å². The van der Waals surface area contributed by atoms with E-state index in [2.05, 4.69) is 24.9 Å². The first-order chi connectivity index (χ1) is 13.3. The molecule has 9 nitrogen and oxygen atoms in total. The molecule has 28 heavy (non-hydrogen) atoms. The lowest BCUT2D eigenvalue weighted by Crippen LogP contribution is -2.37. The fourth-order valence-corrected chi connectivity index (χ4v) is 2.40. The predicted molar refractivity (Wildman–Crippen MR) is 86.7 cm³/mol. The van der Waals surface area contributed by atoms with Crippen LogP contribution in [0.1, 0.15) is 0 Å². The average Bonchev–Trinajstić information content (AvgIpc) is 3.26. The predicted octanol–water partition coefficient (Wildman–Crippen LogP) is 1.96. The highest BCUT2D eigenvalue weighted by Gasteiger charge is 2.42. The van der Waals surface area contributed by atoms with Crippen molar-refractivity contribution >= 4 is 17.0 Å². The van der Waals surface area contributed by atoms with Crippen LogP contribution >= 0.6 is 0 Å². The van der Waals surface area contributed by atoms with E-state index in [1.807, 2.05) is 0 Å². The maximum absolute atomic E-state index is 12.4. The van der Waals surface area contributed by atoms with Gasteiger partial charge in [0.25, 0.3) is 5.89 Å². The van der Waals surface area contributed by atoms with Gasteiger partial charge in [0.1, 0.15) is 5.52 Å². The highest BCUT2D eigenvalue weighted by molar-refractivity contribution is 5.82. The molecular formula is C16H8F3N5O4. The lowest BCUT2D eigenvalue weighted by Gasteiger charge is -2.06. The minimum Gasteiger partial charge on any atom is -0.334 e. The Morgan fingerprint density at radius 3 is 2.75 bits per heavy atom. The van der Waals surface area contributed by atoms with E-state index in [4.69, 9.17) is 4.52 Å². The Labute approximate surface area is 152 Å². The summed E-state index contributed by atoms with van der Waals surface area (Å²) in [6.45, 7) is 0. The quantitative estimate of drug-likeness (QED) is 0.567. The number of alkyl halides is 3. The molecule has 12 heteroatoms. The SMILES string of the molecule is O=C(On1c(=O)[nH]c2cc(-c3nc(-c4cccnc4)no3)ccc21)C(F)(F)F. The van der Waals surface area contributed by atoms with Crippen molar-refractivity contribution in [3.63, 3.8) is 0 Å². The van der Waals surface area contributed by atoms with Gasteiger partial charge in [-0.15, -0.1) is 4.73 Å². The van der Waals surface area contributed by atoms with Crippen LogP contribution in [0, 0.1) is 0 Å². The van der Waals surface area contributed by atoms with E-state index in [1.165, 1.54) is 18.2 Å². The number of halogens is 3. The van der Waals surface area contributed by atoms with Crippen LogP contribution in [-0.4, -0.2) is 37.0 Å². The summed E-state index contributed by atoms with van der Waals surface area (Å²) >= 11 is 0. The minimum absolute atomic E-state index is 0.0710. The second-order valence-corrected chi connectivity index (χ2v) is 5.50. The van der Waals surface area contributed by atoms with Crippen LogP contribution in [0.2, 0.25) is 0 Å². The number of imidazole rings is 1. The van der Waals surface area contributed by atoms with Crippen molar-refractivity contribution in [2.24, 2.45) is 0 Å². The highest BCUT2D eigenvalue weighted by Crippen LogP contribution is 2.24. The van der Waals surface area contributed by atoms with Gasteiger partial charge in [-0.25, -0.2) is 9.59 Å². The van der Waals surface area contributed by atoms with Crippen LogP contribution in [0.3, 0.4) is 0 Å². The molecule has 0 aliphatic carbocycles. The first kappa shape index (κ1) is 17.5. The lowest BCUT2D eigenvalue weighted by molar-refractivity contribution is -0.199. The first-order valence-corrected chi connectivity index (χ1v) is 7.62. The van der Waals surface area contributed by atoms with Crippen LogP contribution in [0.5, 0.6) is 0 Å². The third-order valence-corrected chi connectivity index (χ3v) is 3.64. The summed E-state index contributed by atoms with van der Waals surface area (Å²) in [5.41, 5.74) is 0.00571. The number of carbonyl (C=O) groups is 1. The molecular weight excluding hydrogens is 383 g/mol. The van der Waals surface area contributed by atoms with E-state index in [0.29, 0.717) is 11.1 Å². The summed E-state index contributed by atoms with van der Waals surface area (Å²) in [6, 6.07) is 7.54. The molecule has 0 aliphatic heterocycles. The lowest BCUT2D eigenvalue weighted by atomic mass is 10.2. The number of rotatable bonds is 3. The molecule has 0 bridgehead atoms. The molecule has 0 spiro atoms. The van der Waals surface area contributed by atoms with Crippen LogP contribution in [0.15, 0.2) is 52.0 Å². The van der Waals surface area contributed by atoms with E-state index < -0.39 is 17.8 Å². The van der Waals surface area contributed by atoms with Crippen LogP contribution in [0.4, 0.5) is 13.2 Å². The molecule has 0 unspecified atom stereocenters. The zero-order valence-electron chi connectivity index (χ0n) is 13.6. The maximum atomic E-state index is 12.4. The van der Waals surface area contributed by atoms with Crippen molar-refractivity contribution in [2.75, 3.05) is 0 Å². The van der Waals surface area contributed by atoms with E-state index in [9.17, 15) is 22.8 Å². The number of benzene rings is 1. The molecule has 0 saturated heterocycles. The fourth-order valence-electron chi connectivity index (χ4n) is 2.40. The van der Waals surface area contributed by atoms with Gasteiger partial charge in [-0.1, -0.05) is 5.16 Å². The molecule has 0 saturated carbocycles. The summed E-state index contributed by atoms with van der Waals surface area (Å²) in [7, 11) is 0. The van der Waals surface area contributed by atoms with Crippen molar-refractivity contribution in [1.29, 1.82) is 0 Å². The average molecular weight is 391 g/mol. The van der Waals surface area contributed by atoms with Gasteiger partial charge in [0.2, 0.25) is 5.82 Å². The van der Waals surface area contributed by atoms with Gasteiger partial charge in [-0.3, -0.25) is 4.98 Å². The topological polar surface area (TPSA) is 116 Å². The van der Waals surface area contributed by atoms with Crippen molar-refractivity contribution < 1.29 is 27.3 Å². The third-order valence-electron chi connectivity index (χ3n) is 3.64. The zero-order chi connectivity index (χ0) is 19.9. The van der Waals surface area contributed by atoms with Crippen molar-refractivity contribution in [2.45, 2.75) is 6.18 Å². The summed E-state index contributed by atoms with van der Waals surface area (Å²) in [5.74, 6) is -2.12. The summed E-state index contributed by atoms with van der Waals surface area (Å²) in [4.78, 5) is 37.4. The standard InChI is InChI=1S/C16H8F3N5O4/c17-16(18,19)14(25)28-24-11-4-3-8(6-10(11)21-15(24)26)13-22-12(23-27-13)9-2-1-5-20-7-9/h1-7H,(H,21,26). The molecule has 1 N–H and O–H groups in total. The molecule has 3 aromatic heterocycles. The number of hydrogen-bond acceptors (Lipinski definition) is 7. The molecule has 4 rings (SSSR count). The number of nitrogens with one attached hydrogen (secondary N) is 1. The second kappa shape index (κ2) is 6.33. The largest absolute Gasteiger partial charge is 0.493 e. The number of aromatic nitrogens is 5. The highest BCUT2D eigenvalue weighted by atomic mass is 19.4. The van der Waals surface area contributed by atoms with Gasteiger partial charge in [0.05, 0.1) is 5.52 Å². The van der Waals surface area contributed by atoms with Gasteiger partial charge >= 0.3 is 17.8 Å². The van der Waals surface area contributed by atoms with Gasteiger partial charge in [-0.2, -0.15) is 18.2 Å². The number of fused-ring (bicyclic) bond motifs is 1. The van der Waals surface area contributed by atoms with Gasteiger partial charge < -0.3 is 14.3 Å². The van der Waals surface area contributed by atoms with E-state index in [-0.39, 0.29) is 27.5 Å². The van der Waals surface area contributed by atoms with E-state index in [1.54, 1.807) is 24.5 Å². The minimum atomic E-state index is -5.24. The summed E-state index contributed by atoms with van der Waals surface area (Å²) in [5, 5.41) is 3.83. The van der Waals surface area contributed by atoms with E-state index in [0.717, 1.165) is 0 Å². The number of carbonyl (C=O) groups excluding carboxylic acids is 1. The monoisotopic (exact) mass is 391 g/mol. The number of H-pyrrole nitrogens is 1. The molecule has 4 aromatic rings. The molecule has 142 valence electrons. The number of pyridine rings is 1. The van der Waals surface area contributed by atoms with Crippen LogP contribution in [0.25, 0.3) is 33.9 Å². The second-order valence-electron chi connectivity index (χ2n) is 5.50. The fraction of sp³-hybridized carbons (Fsp3) is 0.0625. The smallest absolute Gasteiger partial charge is 0.334 e. The van der Waals surface area contributed by atoms with Gasteiger partial charge in [-0.05, 0) is 30.3 Å².